The summed E-state index contributed by atoms with van der Waals surface area (Å²) in [6.07, 6.45) is 0. The van der Waals surface area contributed by atoms with Gasteiger partial charge in [-0.25, -0.2) is 4.39 Å². The molecule has 0 saturated heterocycles. The number of hydrogen-bond acceptors (Lipinski definition) is 3. The van der Waals surface area contributed by atoms with Crippen LogP contribution in [0, 0.1) is 0 Å². The number of halogens is 1. The minimum atomic E-state index is -1.73. The van der Waals surface area contributed by atoms with Gasteiger partial charge in [0, 0.05) is 5.57 Å². The summed E-state index contributed by atoms with van der Waals surface area (Å²) in [7, 11) is 0. The highest BCUT2D eigenvalue weighted by Gasteiger charge is 2.50. The molecule has 0 spiro atoms. The maximum atomic E-state index is 14.1. The zero-order valence-electron chi connectivity index (χ0n) is 10.4. The van der Waals surface area contributed by atoms with Crippen molar-refractivity contribution < 1.29 is 18.8 Å². The van der Waals surface area contributed by atoms with Gasteiger partial charge in [-0.3, -0.25) is 19.3 Å². The van der Waals surface area contributed by atoms with Crippen LogP contribution in [0.5, 0.6) is 0 Å². The van der Waals surface area contributed by atoms with Crippen molar-refractivity contribution in [2.24, 2.45) is 0 Å². The Morgan fingerprint density at radius 2 is 1.63 bits per heavy atom. The van der Waals surface area contributed by atoms with Crippen molar-refractivity contribution in [2.75, 3.05) is 0 Å². The summed E-state index contributed by atoms with van der Waals surface area (Å²) in [4.78, 5) is 35.8. The van der Waals surface area contributed by atoms with Gasteiger partial charge < -0.3 is 0 Å². The standard InChI is InChI=1S/C11H12FNO3S3/c1-4-6(8(14)17)11(3,9(15)18)13(10(16)19)5(2)7(4)12/h1-3H3,(H,14,17)(H,15,18)(H,16,19). The number of rotatable bonds is 2. The van der Waals surface area contributed by atoms with E-state index in [1.807, 2.05) is 0 Å². The Morgan fingerprint density at radius 1 is 1.16 bits per heavy atom. The summed E-state index contributed by atoms with van der Waals surface area (Å²) >= 11 is 11.0. The first kappa shape index (κ1) is 16.3. The maximum Gasteiger partial charge on any atom is 0.284 e. The molecule has 1 aliphatic rings. The van der Waals surface area contributed by atoms with Crippen LogP contribution in [0.15, 0.2) is 22.7 Å². The highest BCUT2D eigenvalue weighted by Crippen LogP contribution is 2.42. The maximum absolute atomic E-state index is 14.1. The smallest absolute Gasteiger partial charge is 0.284 e. The number of allylic oxidation sites excluding steroid dienone is 3. The molecule has 1 rings (SSSR count). The molecular formula is C11H12FNO3S3. The van der Waals surface area contributed by atoms with Crippen LogP contribution in [-0.2, 0) is 9.59 Å². The summed E-state index contributed by atoms with van der Waals surface area (Å²) in [5.74, 6) is -0.758. The van der Waals surface area contributed by atoms with Crippen LogP contribution in [0.1, 0.15) is 20.8 Å². The molecular weight excluding hydrogens is 309 g/mol. The molecule has 104 valence electrons. The molecule has 0 radical (unpaired) electrons. The molecule has 1 heterocycles. The lowest BCUT2D eigenvalue weighted by atomic mass is 9.84. The molecule has 0 N–H and O–H groups in total. The molecule has 4 nitrogen and oxygen atoms in total. The van der Waals surface area contributed by atoms with Gasteiger partial charge >= 0.3 is 0 Å². The minimum Gasteiger partial charge on any atom is -0.286 e. The third-order valence-corrected chi connectivity index (χ3v) is 3.97. The second-order valence-electron chi connectivity index (χ2n) is 4.20. The van der Waals surface area contributed by atoms with Gasteiger partial charge in [0.25, 0.3) is 5.24 Å². The van der Waals surface area contributed by atoms with E-state index in [9.17, 15) is 18.8 Å². The molecule has 0 aromatic heterocycles. The Balaban J connectivity index is 3.78. The van der Waals surface area contributed by atoms with Gasteiger partial charge in [0.2, 0.25) is 10.2 Å². The molecule has 0 fully saturated rings. The quantitative estimate of drug-likeness (QED) is 0.685. The summed E-state index contributed by atoms with van der Waals surface area (Å²) in [6, 6.07) is 0. The summed E-state index contributed by atoms with van der Waals surface area (Å²) in [6.45, 7) is 3.97. The lowest BCUT2D eigenvalue weighted by molar-refractivity contribution is -0.119. The van der Waals surface area contributed by atoms with E-state index in [1.54, 1.807) is 0 Å². The zero-order valence-corrected chi connectivity index (χ0v) is 13.1. The second kappa shape index (κ2) is 5.34. The third-order valence-electron chi connectivity index (χ3n) is 3.11. The molecule has 1 amide bonds. The van der Waals surface area contributed by atoms with Crippen molar-refractivity contribution in [3.8, 4) is 0 Å². The highest BCUT2D eigenvalue weighted by molar-refractivity contribution is 7.98. The molecule has 1 unspecified atom stereocenters. The average molecular weight is 321 g/mol. The van der Waals surface area contributed by atoms with Crippen LogP contribution >= 0.6 is 37.9 Å². The van der Waals surface area contributed by atoms with Crippen LogP contribution < -0.4 is 0 Å². The Kier molecular flexibility index (Phi) is 4.58. The molecule has 0 saturated carbocycles. The minimum absolute atomic E-state index is 0.0340. The van der Waals surface area contributed by atoms with Gasteiger partial charge in [0.1, 0.15) is 11.4 Å². The molecule has 0 aromatic carbocycles. The Hall–Kier alpha value is -0.730. The fourth-order valence-electron chi connectivity index (χ4n) is 2.20. The van der Waals surface area contributed by atoms with Gasteiger partial charge in [-0.15, -0.1) is 25.3 Å². The van der Waals surface area contributed by atoms with Crippen LogP contribution in [0.4, 0.5) is 9.18 Å². The number of amides is 1. The number of hydrogen-bond donors (Lipinski definition) is 3. The molecule has 1 aliphatic heterocycles. The van der Waals surface area contributed by atoms with Crippen molar-refractivity contribution in [2.45, 2.75) is 26.3 Å². The fourth-order valence-corrected chi connectivity index (χ4v) is 3.14. The van der Waals surface area contributed by atoms with Gasteiger partial charge in [-0.05, 0) is 26.3 Å². The van der Waals surface area contributed by atoms with E-state index >= 15 is 0 Å². The molecule has 0 aromatic rings. The van der Waals surface area contributed by atoms with Crippen molar-refractivity contribution in [3.05, 3.63) is 22.7 Å². The first-order valence-corrected chi connectivity index (χ1v) is 6.48. The van der Waals surface area contributed by atoms with E-state index in [0.29, 0.717) is 0 Å². The van der Waals surface area contributed by atoms with E-state index in [0.717, 1.165) is 4.90 Å². The third kappa shape index (κ3) is 2.36. The first-order valence-electron chi connectivity index (χ1n) is 5.14. The van der Waals surface area contributed by atoms with Crippen LogP contribution in [-0.4, -0.2) is 25.9 Å². The Morgan fingerprint density at radius 3 is 1.95 bits per heavy atom. The summed E-state index contributed by atoms with van der Waals surface area (Å²) in [5, 5.41) is -2.44. The van der Waals surface area contributed by atoms with Crippen LogP contribution in [0.2, 0.25) is 0 Å². The van der Waals surface area contributed by atoms with E-state index in [2.05, 4.69) is 37.9 Å². The SMILES string of the molecule is CC1=C(C(=O)S)C(C)(C(=O)S)N(C(=O)S)C(C)=C1F. The van der Waals surface area contributed by atoms with E-state index in [-0.39, 0.29) is 16.8 Å². The Labute approximate surface area is 126 Å². The highest BCUT2D eigenvalue weighted by atomic mass is 32.1. The number of thiol groups is 3. The number of carbonyl (C=O) groups is 3. The molecule has 19 heavy (non-hydrogen) atoms. The fraction of sp³-hybridized carbons (Fsp3) is 0.364. The number of nitrogens with zero attached hydrogens (tertiary/aromatic N) is 1. The van der Waals surface area contributed by atoms with E-state index in [1.165, 1.54) is 20.8 Å². The molecule has 0 aliphatic carbocycles. The number of carbonyl (C=O) groups excluding carboxylic acids is 3. The lowest BCUT2D eigenvalue weighted by Gasteiger charge is -2.42. The van der Waals surface area contributed by atoms with Gasteiger partial charge in [0.05, 0.1) is 5.70 Å². The zero-order chi connectivity index (χ0) is 15.1. The van der Waals surface area contributed by atoms with Crippen molar-refractivity contribution in [3.63, 3.8) is 0 Å². The summed E-state index contributed by atoms with van der Waals surface area (Å²) in [5.41, 5.74) is -2.08. The average Bonchev–Trinajstić information content (AvgIpc) is 2.25. The van der Waals surface area contributed by atoms with Gasteiger partial charge in [0.15, 0.2) is 0 Å². The van der Waals surface area contributed by atoms with Gasteiger partial charge in [-0.2, -0.15) is 0 Å². The van der Waals surface area contributed by atoms with Gasteiger partial charge in [-0.1, -0.05) is 12.6 Å². The van der Waals surface area contributed by atoms with Crippen molar-refractivity contribution in [1.82, 2.24) is 4.90 Å². The van der Waals surface area contributed by atoms with Crippen LogP contribution in [0.3, 0.4) is 0 Å². The lowest BCUT2D eigenvalue weighted by Crippen LogP contribution is -2.55. The predicted octanol–water partition coefficient (Wildman–Crippen LogP) is 2.54. The van der Waals surface area contributed by atoms with E-state index < -0.39 is 26.8 Å². The Bertz CT molecular complexity index is 555. The van der Waals surface area contributed by atoms with Crippen LogP contribution in [0.25, 0.3) is 0 Å². The monoisotopic (exact) mass is 321 g/mol. The van der Waals surface area contributed by atoms with E-state index in [4.69, 9.17) is 0 Å². The molecule has 0 bridgehead atoms. The topological polar surface area (TPSA) is 54.5 Å². The van der Waals surface area contributed by atoms with Crippen molar-refractivity contribution >= 4 is 53.4 Å². The normalized spacial score (nSPS) is 23.8. The largest absolute Gasteiger partial charge is 0.286 e. The molecule has 1 atom stereocenters. The predicted molar refractivity (Wildman–Crippen MR) is 79.1 cm³/mol. The van der Waals surface area contributed by atoms with Crippen molar-refractivity contribution in [1.29, 1.82) is 0 Å². The first-order chi connectivity index (χ1) is 8.56. The second-order valence-corrected chi connectivity index (χ2v) is 5.39. The molecule has 8 heteroatoms. The summed E-state index contributed by atoms with van der Waals surface area (Å²) < 4.78 is 14.1.